The lowest BCUT2D eigenvalue weighted by molar-refractivity contribution is -0.388. The summed E-state index contributed by atoms with van der Waals surface area (Å²) in [5.74, 6) is 0.103. The van der Waals surface area contributed by atoms with Crippen LogP contribution >= 0.6 is 11.6 Å². The largest absolute Gasteiger partial charge is 0.444 e. The van der Waals surface area contributed by atoms with Crippen LogP contribution in [0.5, 0.6) is 0 Å². The predicted molar refractivity (Wildman–Crippen MR) is 104 cm³/mol. The quantitative estimate of drug-likeness (QED) is 0.462. The Morgan fingerprint density at radius 3 is 2.68 bits per heavy atom. The van der Waals surface area contributed by atoms with Crippen LogP contribution in [0.25, 0.3) is 10.9 Å². The van der Waals surface area contributed by atoms with Gasteiger partial charge < -0.3 is 20.2 Å². The van der Waals surface area contributed by atoms with Crippen molar-refractivity contribution in [2.75, 3.05) is 0 Å². The number of alkyl carbamates (subject to hydrolysis) is 1. The van der Waals surface area contributed by atoms with E-state index in [0.717, 1.165) is 25.7 Å². The molecule has 2 heterocycles. The molecule has 0 saturated heterocycles. The number of pyridine rings is 1. The summed E-state index contributed by atoms with van der Waals surface area (Å²) in [7, 11) is 0. The minimum absolute atomic E-state index is 0.0773. The van der Waals surface area contributed by atoms with E-state index in [1.165, 1.54) is 6.20 Å². The van der Waals surface area contributed by atoms with Gasteiger partial charge in [0.1, 0.15) is 21.7 Å². The summed E-state index contributed by atoms with van der Waals surface area (Å²) < 4.78 is 6.95. The number of fused-ring (bicyclic) bond motifs is 1. The Bertz CT molecular complexity index is 884. The van der Waals surface area contributed by atoms with Gasteiger partial charge in [0.05, 0.1) is 11.6 Å². The van der Waals surface area contributed by atoms with Gasteiger partial charge in [-0.2, -0.15) is 4.68 Å². The van der Waals surface area contributed by atoms with Gasteiger partial charge >= 0.3 is 11.9 Å². The molecule has 0 bridgehead atoms. The van der Waals surface area contributed by atoms with E-state index in [-0.39, 0.29) is 17.0 Å². The molecule has 0 spiro atoms. The Morgan fingerprint density at radius 1 is 1.39 bits per heavy atom. The van der Waals surface area contributed by atoms with Crippen LogP contribution < -0.4 is 5.32 Å². The number of rotatable bonds is 4. The Kier molecular flexibility index (Phi) is 5.74. The number of nitro groups is 1. The van der Waals surface area contributed by atoms with Crippen molar-refractivity contribution < 1.29 is 14.5 Å². The van der Waals surface area contributed by atoms with E-state index in [1.807, 2.05) is 20.8 Å². The SMILES string of the molecule is CC(C)(C)OC(=O)NC1CCC(Cn2nc([N+](=O)[O-])c3cnc(Cl)cc32)CC1. The molecule has 0 radical (unpaired) electrons. The Labute approximate surface area is 167 Å². The molecule has 0 aromatic carbocycles. The number of nitrogens with zero attached hydrogens (tertiary/aromatic N) is 4. The van der Waals surface area contributed by atoms with Crippen LogP contribution in [0.1, 0.15) is 46.5 Å². The third-order valence-corrected chi connectivity index (χ3v) is 4.96. The molecular formula is C18H24ClN5O4. The highest BCUT2D eigenvalue weighted by atomic mass is 35.5. The molecule has 2 aromatic rings. The average Bonchev–Trinajstić information content (AvgIpc) is 2.93. The molecule has 1 aliphatic rings. The van der Waals surface area contributed by atoms with Gasteiger partial charge in [0.25, 0.3) is 0 Å². The number of hydrogen-bond acceptors (Lipinski definition) is 6. The van der Waals surface area contributed by atoms with E-state index >= 15 is 0 Å². The zero-order chi connectivity index (χ0) is 20.5. The topological polar surface area (TPSA) is 112 Å². The van der Waals surface area contributed by atoms with Crippen molar-refractivity contribution in [1.82, 2.24) is 20.1 Å². The lowest BCUT2D eigenvalue weighted by Gasteiger charge is -2.29. The molecule has 1 N–H and O–H groups in total. The van der Waals surface area contributed by atoms with Crippen molar-refractivity contribution in [2.45, 2.75) is 64.6 Å². The fourth-order valence-corrected chi connectivity index (χ4v) is 3.66. The van der Waals surface area contributed by atoms with E-state index in [2.05, 4.69) is 15.4 Å². The molecule has 9 nitrogen and oxygen atoms in total. The summed E-state index contributed by atoms with van der Waals surface area (Å²) in [6.07, 6.45) is 4.41. The third kappa shape index (κ3) is 4.89. The summed E-state index contributed by atoms with van der Waals surface area (Å²) in [6, 6.07) is 1.68. The standard InChI is InChI=1S/C18H24ClN5O4/c1-18(2,3)28-17(25)21-12-6-4-11(5-7-12)10-23-14-8-15(19)20-9-13(14)16(22-23)24(26)27/h8-9,11-12H,4-7,10H2,1-3H3,(H,21,25). The van der Waals surface area contributed by atoms with Crippen LogP contribution in [-0.4, -0.2) is 37.4 Å². The Morgan fingerprint density at radius 2 is 2.07 bits per heavy atom. The molecule has 0 atom stereocenters. The highest BCUT2D eigenvalue weighted by molar-refractivity contribution is 6.30. The van der Waals surface area contributed by atoms with Crippen molar-refractivity contribution in [1.29, 1.82) is 0 Å². The fraction of sp³-hybridized carbons (Fsp3) is 0.611. The first-order valence-electron chi connectivity index (χ1n) is 9.28. The van der Waals surface area contributed by atoms with Gasteiger partial charge in [0.2, 0.25) is 0 Å². The van der Waals surface area contributed by atoms with E-state index in [9.17, 15) is 14.9 Å². The van der Waals surface area contributed by atoms with Crippen LogP contribution in [0.4, 0.5) is 10.6 Å². The van der Waals surface area contributed by atoms with Crippen LogP contribution in [0.3, 0.4) is 0 Å². The highest BCUT2D eigenvalue weighted by Crippen LogP contribution is 2.30. The van der Waals surface area contributed by atoms with Crippen molar-refractivity contribution in [3.63, 3.8) is 0 Å². The smallest absolute Gasteiger partial charge is 0.407 e. The molecule has 1 fully saturated rings. The molecule has 0 aliphatic heterocycles. The fourth-order valence-electron chi connectivity index (χ4n) is 3.51. The van der Waals surface area contributed by atoms with Crippen LogP contribution in [0.15, 0.2) is 12.3 Å². The summed E-state index contributed by atoms with van der Waals surface area (Å²) in [5, 5.41) is 19.0. The summed E-state index contributed by atoms with van der Waals surface area (Å²) in [6.45, 7) is 6.06. The first kappa shape index (κ1) is 20.3. The lowest BCUT2D eigenvalue weighted by Crippen LogP contribution is -2.41. The molecule has 10 heteroatoms. The first-order chi connectivity index (χ1) is 13.1. The van der Waals surface area contributed by atoms with Crippen LogP contribution in [0, 0.1) is 16.0 Å². The molecule has 3 rings (SSSR count). The van der Waals surface area contributed by atoms with E-state index in [0.29, 0.717) is 23.4 Å². The zero-order valence-electron chi connectivity index (χ0n) is 16.1. The number of ether oxygens (including phenoxy) is 1. The first-order valence-corrected chi connectivity index (χ1v) is 9.66. The van der Waals surface area contributed by atoms with Crippen LogP contribution in [-0.2, 0) is 11.3 Å². The molecule has 0 unspecified atom stereocenters. The number of carbonyl (C=O) groups is 1. The zero-order valence-corrected chi connectivity index (χ0v) is 16.9. The van der Waals surface area contributed by atoms with Gasteiger partial charge in [-0.05, 0) is 57.3 Å². The van der Waals surface area contributed by atoms with Crippen molar-refractivity contribution in [3.8, 4) is 0 Å². The lowest BCUT2D eigenvalue weighted by atomic mass is 9.86. The minimum atomic E-state index is -0.521. The second kappa shape index (κ2) is 7.90. The maximum atomic E-state index is 11.9. The van der Waals surface area contributed by atoms with Gasteiger partial charge in [0, 0.05) is 18.3 Å². The second-order valence-corrected chi connectivity index (χ2v) is 8.54. The van der Waals surface area contributed by atoms with Gasteiger partial charge in [-0.25, -0.2) is 9.78 Å². The Hall–Kier alpha value is -2.42. The maximum absolute atomic E-state index is 11.9. The summed E-state index contributed by atoms with van der Waals surface area (Å²) in [4.78, 5) is 26.6. The maximum Gasteiger partial charge on any atom is 0.407 e. The number of hydrogen-bond donors (Lipinski definition) is 1. The molecule has 2 aromatic heterocycles. The minimum Gasteiger partial charge on any atom is -0.444 e. The van der Waals surface area contributed by atoms with E-state index in [4.69, 9.17) is 16.3 Å². The molecule has 152 valence electrons. The molecular weight excluding hydrogens is 386 g/mol. The molecule has 28 heavy (non-hydrogen) atoms. The average molecular weight is 410 g/mol. The number of halogens is 1. The van der Waals surface area contributed by atoms with Crippen LogP contribution in [0.2, 0.25) is 5.15 Å². The monoisotopic (exact) mass is 409 g/mol. The van der Waals surface area contributed by atoms with E-state index < -0.39 is 16.6 Å². The second-order valence-electron chi connectivity index (χ2n) is 8.15. The Balaban J connectivity index is 1.63. The number of amides is 1. The van der Waals surface area contributed by atoms with Gasteiger partial charge in [0.15, 0.2) is 0 Å². The number of aromatic nitrogens is 3. The number of nitrogens with one attached hydrogen (secondary N) is 1. The van der Waals surface area contributed by atoms with Gasteiger partial charge in [-0.3, -0.25) is 0 Å². The number of carbonyl (C=O) groups excluding carboxylic acids is 1. The van der Waals surface area contributed by atoms with Crippen molar-refractivity contribution in [3.05, 3.63) is 27.5 Å². The normalized spacial score (nSPS) is 20.1. The van der Waals surface area contributed by atoms with Crippen molar-refractivity contribution in [2.24, 2.45) is 5.92 Å². The van der Waals surface area contributed by atoms with Gasteiger partial charge in [-0.1, -0.05) is 11.6 Å². The summed E-state index contributed by atoms with van der Waals surface area (Å²) in [5.41, 5.74) is 0.0912. The molecule has 1 amide bonds. The van der Waals surface area contributed by atoms with Gasteiger partial charge in [-0.15, -0.1) is 0 Å². The van der Waals surface area contributed by atoms with Crippen molar-refractivity contribution >= 4 is 34.4 Å². The summed E-state index contributed by atoms with van der Waals surface area (Å²) >= 11 is 5.96. The molecule has 1 saturated carbocycles. The highest BCUT2D eigenvalue weighted by Gasteiger charge is 2.28. The predicted octanol–water partition coefficient (Wildman–Crippen LogP) is 4.08. The molecule has 1 aliphatic carbocycles. The van der Waals surface area contributed by atoms with E-state index in [1.54, 1.807) is 10.7 Å². The third-order valence-electron chi connectivity index (χ3n) is 4.75.